The summed E-state index contributed by atoms with van der Waals surface area (Å²) in [4.78, 5) is 23.0. The molecular weight excluding hydrogens is 286 g/mol. The van der Waals surface area contributed by atoms with Crippen molar-refractivity contribution >= 4 is 17.9 Å². The van der Waals surface area contributed by atoms with Gasteiger partial charge in [-0.2, -0.15) is 0 Å². The molecule has 0 aliphatic heterocycles. The Morgan fingerprint density at radius 1 is 1.05 bits per heavy atom. The topological polar surface area (TPSA) is 73.9 Å². The van der Waals surface area contributed by atoms with E-state index in [0.29, 0.717) is 24.7 Å². The summed E-state index contributed by atoms with van der Waals surface area (Å²) in [6, 6.07) is 6.48. The van der Waals surface area contributed by atoms with Crippen LogP contribution >= 0.6 is 0 Å². The van der Waals surface area contributed by atoms with Crippen LogP contribution in [0.25, 0.3) is 0 Å². The molecule has 6 nitrogen and oxygen atoms in total. The molecule has 122 valence electrons. The maximum Gasteiger partial charge on any atom is 0.513 e. The third-order valence-electron chi connectivity index (χ3n) is 2.73. The minimum absolute atomic E-state index is 0.299. The second kappa shape index (κ2) is 10.5. The van der Waals surface area contributed by atoms with Crippen molar-refractivity contribution in [2.45, 2.75) is 39.5 Å². The van der Waals surface area contributed by atoms with Crippen LogP contribution in [0, 0.1) is 0 Å². The Balaban J connectivity index is 2.44. The lowest BCUT2D eigenvalue weighted by Crippen LogP contribution is -2.15. The van der Waals surface area contributed by atoms with E-state index >= 15 is 0 Å². The van der Waals surface area contributed by atoms with Gasteiger partial charge in [-0.15, -0.1) is 0 Å². The molecule has 22 heavy (non-hydrogen) atoms. The van der Waals surface area contributed by atoms with Crippen LogP contribution in [0.1, 0.15) is 39.5 Å². The van der Waals surface area contributed by atoms with Crippen molar-refractivity contribution in [3.8, 4) is 5.75 Å². The molecule has 1 rings (SSSR count). The van der Waals surface area contributed by atoms with Gasteiger partial charge in [0.05, 0.1) is 13.2 Å². The van der Waals surface area contributed by atoms with Crippen molar-refractivity contribution in [1.29, 1.82) is 0 Å². The van der Waals surface area contributed by atoms with Crippen molar-refractivity contribution in [3.05, 3.63) is 24.3 Å². The van der Waals surface area contributed by atoms with Crippen LogP contribution in [0.5, 0.6) is 5.75 Å². The number of carbonyl (C=O) groups excluding carboxylic acids is 2. The lowest BCUT2D eigenvalue weighted by molar-refractivity contribution is 0.0978. The fraction of sp³-hybridized carbons (Fsp3) is 0.500. The number of hydrogen-bond acceptors (Lipinski definition) is 5. The summed E-state index contributed by atoms with van der Waals surface area (Å²) in [6.45, 7) is 4.73. The quantitative estimate of drug-likeness (QED) is 0.439. The smallest absolute Gasteiger partial charge is 0.449 e. The number of nitrogens with one attached hydrogen (secondary N) is 1. The molecule has 0 radical (unpaired) electrons. The van der Waals surface area contributed by atoms with E-state index in [1.807, 2.05) is 13.8 Å². The summed E-state index contributed by atoms with van der Waals surface area (Å²) in [6.07, 6.45) is 2.22. The molecule has 1 aromatic rings. The SMILES string of the molecule is CCCCOC(=O)Nc1cccc(OC(=O)OCCCC)c1. The zero-order valence-electron chi connectivity index (χ0n) is 13.1. The number of benzene rings is 1. The summed E-state index contributed by atoms with van der Waals surface area (Å²) in [5, 5.41) is 2.57. The van der Waals surface area contributed by atoms with Gasteiger partial charge in [0.1, 0.15) is 5.75 Å². The van der Waals surface area contributed by atoms with Crippen molar-refractivity contribution in [1.82, 2.24) is 0 Å². The first-order valence-electron chi connectivity index (χ1n) is 7.54. The van der Waals surface area contributed by atoms with Gasteiger partial charge in [-0.25, -0.2) is 9.59 Å². The molecule has 1 N–H and O–H groups in total. The molecule has 0 aromatic heterocycles. The molecule has 0 heterocycles. The van der Waals surface area contributed by atoms with E-state index in [1.165, 1.54) is 6.07 Å². The molecule has 6 heteroatoms. The number of amides is 1. The average Bonchev–Trinajstić information content (AvgIpc) is 2.48. The van der Waals surface area contributed by atoms with Gasteiger partial charge in [0.25, 0.3) is 0 Å². The highest BCUT2D eigenvalue weighted by molar-refractivity contribution is 5.85. The van der Waals surface area contributed by atoms with Crippen molar-refractivity contribution in [3.63, 3.8) is 0 Å². The van der Waals surface area contributed by atoms with Gasteiger partial charge >= 0.3 is 12.2 Å². The minimum atomic E-state index is -0.754. The molecule has 0 aliphatic rings. The van der Waals surface area contributed by atoms with E-state index in [-0.39, 0.29) is 0 Å². The van der Waals surface area contributed by atoms with Crippen molar-refractivity contribution < 1.29 is 23.8 Å². The Morgan fingerprint density at radius 3 is 2.41 bits per heavy atom. The van der Waals surface area contributed by atoms with E-state index < -0.39 is 12.2 Å². The van der Waals surface area contributed by atoms with Gasteiger partial charge in [-0.3, -0.25) is 5.32 Å². The maximum atomic E-state index is 11.5. The Hall–Kier alpha value is -2.24. The van der Waals surface area contributed by atoms with E-state index in [0.717, 1.165) is 25.7 Å². The van der Waals surface area contributed by atoms with Gasteiger partial charge in [0, 0.05) is 11.8 Å². The Labute approximate surface area is 130 Å². The van der Waals surface area contributed by atoms with E-state index in [9.17, 15) is 9.59 Å². The summed E-state index contributed by atoms with van der Waals surface area (Å²) >= 11 is 0. The van der Waals surface area contributed by atoms with E-state index in [2.05, 4.69) is 5.32 Å². The Bertz CT molecular complexity index is 436. The maximum absolute atomic E-state index is 11.5. The molecule has 0 bridgehead atoms. The van der Waals surface area contributed by atoms with Gasteiger partial charge in [-0.05, 0) is 25.0 Å². The Morgan fingerprint density at radius 2 is 1.73 bits per heavy atom. The van der Waals surface area contributed by atoms with Crippen LogP contribution in [-0.4, -0.2) is 25.5 Å². The van der Waals surface area contributed by atoms with E-state index in [1.54, 1.807) is 18.2 Å². The molecule has 1 amide bonds. The molecule has 0 aliphatic carbocycles. The molecular formula is C16H23NO5. The van der Waals surface area contributed by atoms with Crippen LogP contribution in [0.15, 0.2) is 24.3 Å². The first-order chi connectivity index (χ1) is 10.7. The van der Waals surface area contributed by atoms with Gasteiger partial charge in [0.2, 0.25) is 0 Å². The van der Waals surface area contributed by atoms with Crippen LogP contribution in [0.4, 0.5) is 15.3 Å². The predicted molar refractivity (Wildman–Crippen MR) is 83.2 cm³/mol. The third kappa shape index (κ3) is 7.52. The van der Waals surface area contributed by atoms with Crippen molar-refractivity contribution in [2.75, 3.05) is 18.5 Å². The third-order valence-corrected chi connectivity index (χ3v) is 2.73. The van der Waals surface area contributed by atoms with Crippen LogP contribution in [0.3, 0.4) is 0 Å². The molecule has 0 fully saturated rings. The molecule has 0 saturated heterocycles. The van der Waals surface area contributed by atoms with E-state index in [4.69, 9.17) is 14.2 Å². The minimum Gasteiger partial charge on any atom is -0.449 e. The second-order valence-corrected chi connectivity index (χ2v) is 4.70. The lowest BCUT2D eigenvalue weighted by atomic mass is 10.3. The average molecular weight is 309 g/mol. The highest BCUT2D eigenvalue weighted by Crippen LogP contribution is 2.18. The first kappa shape index (κ1) is 17.8. The zero-order chi connectivity index (χ0) is 16.2. The van der Waals surface area contributed by atoms with Gasteiger partial charge in [-0.1, -0.05) is 32.8 Å². The molecule has 0 saturated carbocycles. The molecule has 0 atom stereocenters. The number of rotatable bonds is 8. The van der Waals surface area contributed by atoms with Crippen LogP contribution < -0.4 is 10.1 Å². The second-order valence-electron chi connectivity index (χ2n) is 4.70. The predicted octanol–water partition coefficient (Wildman–Crippen LogP) is 4.35. The summed E-state index contributed by atoms with van der Waals surface area (Å²) in [5.74, 6) is 0.299. The van der Waals surface area contributed by atoms with Gasteiger partial charge < -0.3 is 14.2 Å². The highest BCUT2D eigenvalue weighted by atomic mass is 16.7. The van der Waals surface area contributed by atoms with Crippen LogP contribution in [0.2, 0.25) is 0 Å². The number of unbranched alkanes of at least 4 members (excludes halogenated alkanes) is 2. The van der Waals surface area contributed by atoms with Crippen molar-refractivity contribution in [2.24, 2.45) is 0 Å². The molecule has 1 aromatic carbocycles. The molecule has 0 spiro atoms. The number of hydrogen-bond donors (Lipinski definition) is 1. The number of anilines is 1. The Kier molecular flexibility index (Phi) is 8.49. The summed E-state index contributed by atoms with van der Waals surface area (Å²) < 4.78 is 14.9. The fourth-order valence-corrected chi connectivity index (χ4v) is 1.53. The number of ether oxygens (including phenoxy) is 3. The largest absolute Gasteiger partial charge is 0.513 e. The first-order valence-corrected chi connectivity index (χ1v) is 7.54. The normalized spacial score (nSPS) is 9.91. The molecule has 0 unspecified atom stereocenters. The standard InChI is InChI=1S/C16H23NO5/c1-3-5-10-20-15(18)17-13-8-7-9-14(12-13)22-16(19)21-11-6-4-2/h7-9,12H,3-6,10-11H2,1-2H3,(H,17,18). The lowest BCUT2D eigenvalue weighted by Gasteiger charge is -2.09. The summed E-state index contributed by atoms with van der Waals surface area (Å²) in [7, 11) is 0. The number of carbonyl (C=O) groups is 2. The zero-order valence-corrected chi connectivity index (χ0v) is 13.1. The fourth-order valence-electron chi connectivity index (χ4n) is 1.53. The highest BCUT2D eigenvalue weighted by Gasteiger charge is 2.08. The monoisotopic (exact) mass is 309 g/mol. The summed E-state index contributed by atoms with van der Waals surface area (Å²) in [5.41, 5.74) is 0.486. The van der Waals surface area contributed by atoms with Gasteiger partial charge in [0.15, 0.2) is 0 Å². The van der Waals surface area contributed by atoms with Crippen LogP contribution in [-0.2, 0) is 9.47 Å².